The van der Waals surface area contributed by atoms with Crippen LogP contribution in [0.25, 0.3) is 22.3 Å². The Morgan fingerprint density at radius 1 is 1.10 bits per heavy atom. The van der Waals surface area contributed by atoms with E-state index in [4.69, 9.17) is 0 Å². The van der Waals surface area contributed by atoms with Gasteiger partial charge in [-0.05, 0) is 25.3 Å². The minimum absolute atomic E-state index is 0.0279. The molecule has 0 saturated carbocycles. The minimum Gasteiger partial charge on any atom is -0.329 e. The Bertz CT molecular complexity index is 1050. The lowest BCUT2D eigenvalue weighted by molar-refractivity contribution is -0.142. The van der Waals surface area contributed by atoms with Crippen LogP contribution >= 0.6 is 0 Å². The number of aromatic nitrogens is 3. The number of hydrogen-bond donors (Lipinski definition) is 0. The monoisotopic (exact) mass is 432 g/mol. The topological polar surface area (TPSA) is 51.0 Å². The number of halogens is 3. The molecule has 0 radical (unpaired) electrons. The number of nitrogens with zero attached hydrogens (tertiary/aromatic N) is 4. The van der Waals surface area contributed by atoms with Crippen LogP contribution in [0.5, 0.6) is 0 Å². The van der Waals surface area contributed by atoms with Crippen LogP contribution in [0.3, 0.4) is 0 Å². The number of pyridine rings is 1. The van der Waals surface area contributed by atoms with E-state index in [1.54, 1.807) is 31.5 Å². The second kappa shape index (κ2) is 8.32. The van der Waals surface area contributed by atoms with Crippen molar-refractivity contribution >= 4 is 16.9 Å². The zero-order chi connectivity index (χ0) is 23.0. The second-order valence-electron chi connectivity index (χ2n) is 9.18. The van der Waals surface area contributed by atoms with Gasteiger partial charge in [0, 0.05) is 18.2 Å². The Hall–Kier alpha value is -2.90. The Kier molecular flexibility index (Phi) is 6.11. The highest BCUT2D eigenvalue weighted by Gasteiger charge is 2.36. The van der Waals surface area contributed by atoms with E-state index in [1.807, 2.05) is 44.2 Å². The lowest BCUT2D eigenvalue weighted by Gasteiger charge is -2.31. The lowest BCUT2D eigenvalue weighted by atomic mass is 9.95. The summed E-state index contributed by atoms with van der Waals surface area (Å²) >= 11 is 0. The molecule has 5 nitrogen and oxygen atoms in total. The molecule has 1 amide bonds. The van der Waals surface area contributed by atoms with Crippen LogP contribution in [0.15, 0.2) is 42.6 Å². The summed E-state index contributed by atoms with van der Waals surface area (Å²) in [5.74, 6) is -0.680. The van der Waals surface area contributed by atoms with Crippen LogP contribution in [0.1, 0.15) is 51.0 Å². The first kappa shape index (κ1) is 22.8. The molecule has 0 fully saturated rings. The van der Waals surface area contributed by atoms with Gasteiger partial charge in [0.05, 0.1) is 22.8 Å². The molecule has 3 rings (SSSR count). The van der Waals surface area contributed by atoms with Crippen LogP contribution in [0.2, 0.25) is 0 Å². The van der Waals surface area contributed by atoms with Crippen LogP contribution in [0.4, 0.5) is 13.2 Å². The third-order valence-corrected chi connectivity index (χ3v) is 4.68. The largest absolute Gasteiger partial charge is 0.406 e. The molecule has 0 aliphatic heterocycles. The fourth-order valence-corrected chi connectivity index (χ4v) is 3.49. The molecule has 166 valence electrons. The fraction of sp³-hybridized carbons (Fsp3) is 0.435. The van der Waals surface area contributed by atoms with Gasteiger partial charge in [-0.15, -0.1) is 0 Å². The van der Waals surface area contributed by atoms with Crippen molar-refractivity contribution in [3.8, 4) is 11.3 Å². The SMILES string of the molecule is CC(C)n1ncc2c(C(=O)N(CC(C)(C)C)CC(F)(F)F)cc(-c3ccccc3)nc21. The number of hydrogen-bond acceptors (Lipinski definition) is 3. The molecule has 0 aliphatic carbocycles. The summed E-state index contributed by atoms with van der Waals surface area (Å²) in [6.45, 7) is 7.93. The van der Waals surface area contributed by atoms with Crippen molar-refractivity contribution in [3.05, 3.63) is 48.2 Å². The highest BCUT2D eigenvalue weighted by atomic mass is 19.4. The van der Waals surface area contributed by atoms with Gasteiger partial charge in [-0.3, -0.25) is 4.79 Å². The van der Waals surface area contributed by atoms with Crippen molar-refractivity contribution in [2.45, 2.75) is 46.8 Å². The van der Waals surface area contributed by atoms with Gasteiger partial charge < -0.3 is 4.90 Å². The van der Waals surface area contributed by atoms with Gasteiger partial charge in [-0.25, -0.2) is 9.67 Å². The van der Waals surface area contributed by atoms with Gasteiger partial charge in [-0.2, -0.15) is 18.3 Å². The van der Waals surface area contributed by atoms with E-state index in [0.29, 0.717) is 16.7 Å². The first-order valence-electron chi connectivity index (χ1n) is 10.2. The normalized spacial score (nSPS) is 12.5. The van der Waals surface area contributed by atoms with Crippen molar-refractivity contribution in [2.75, 3.05) is 13.1 Å². The number of alkyl halides is 3. The maximum absolute atomic E-state index is 13.4. The van der Waals surface area contributed by atoms with E-state index in [0.717, 1.165) is 10.5 Å². The smallest absolute Gasteiger partial charge is 0.329 e. The summed E-state index contributed by atoms with van der Waals surface area (Å²) in [5.41, 5.74) is 1.43. The van der Waals surface area contributed by atoms with Crippen molar-refractivity contribution in [1.29, 1.82) is 0 Å². The van der Waals surface area contributed by atoms with Gasteiger partial charge in [0.15, 0.2) is 5.65 Å². The van der Waals surface area contributed by atoms with E-state index < -0.39 is 24.0 Å². The quantitative estimate of drug-likeness (QED) is 0.517. The number of fused-ring (bicyclic) bond motifs is 1. The molecule has 2 aromatic heterocycles. The molecule has 0 N–H and O–H groups in total. The summed E-state index contributed by atoms with van der Waals surface area (Å²) < 4.78 is 41.6. The minimum atomic E-state index is -4.50. The summed E-state index contributed by atoms with van der Waals surface area (Å²) in [4.78, 5) is 19.0. The Morgan fingerprint density at radius 3 is 2.29 bits per heavy atom. The van der Waals surface area contributed by atoms with E-state index in [1.165, 1.54) is 6.20 Å². The Labute approximate surface area is 179 Å². The summed E-state index contributed by atoms with van der Waals surface area (Å²) in [5, 5.41) is 4.79. The van der Waals surface area contributed by atoms with Crippen LogP contribution in [-0.4, -0.2) is 44.8 Å². The second-order valence-corrected chi connectivity index (χ2v) is 9.18. The molecule has 3 aromatic rings. The molecule has 0 bridgehead atoms. The van der Waals surface area contributed by atoms with E-state index in [9.17, 15) is 18.0 Å². The number of amides is 1. The molecule has 2 heterocycles. The van der Waals surface area contributed by atoms with Crippen molar-refractivity contribution in [2.24, 2.45) is 5.41 Å². The zero-order valence-corrected chi connectivity index (χ0v) is 18.4. The predicted molar refractivity (Wildman–Crippen MR) is 115 cm³/mol. The lowest BCUT2D eigenvalue weighted by Crippen LogP contribution is -2.43. The van der Waals surface area contributed by atoms with Gasteiger partial charge in [-0.1, -0.05) is 51.1 Å². The van der Waals surface area contributed by atoms with Crippen LogP contribution in [0, 0.1) is 5.41 Å². The number of carbonyl (C=O) groups excluding carboxylic acids is 1. The summed E-state index contributed by atoms with van der Waals surface area (Å²) in [6.07, 6.45) is -3.00. The average molecular weight is 432 g/mol. The molecule has 1 aromatic carbocycles. The van der Waals surface area contributed by atoms with Gasteiger partial charge in [0.25, 0.3) is 5.91 Å². The fourth-order valence-electron chi connectivity index (χ4n) is 3.49. The molecular weight excluding hydrogens is 405 g/mol. The molecule has 0 saturated heterocycles. The first-order chi connectivity index (χ1) is 14.4. The van der Waals surface area contributed by atoms with E-state index >= 15 is 0 Å². The number of rotatable bonds is 5. The molecule has 0 spiro atoms. The first-order valence-corrected chi connectivity index (χ1v) is 10.2. The van der Waals surface area contributed by atoms with Gasteiger partial charge in [0.2, 0.25) is 0 Å². The van der Waals surface area contributed by atoms with E-state index in [2.05, 4.69) is 10.1 Å². The van der Waals surface area contributed by atoms with Crippen molar-refractivity contribution in [3.63, 3.8) is 0 Å². The highest BCUT2D eigenvalue weighted by Crippen LogP contribution is 2.29. The maximum atomic E-state index is 13.4. The van der Waals surface area contributed by atoms with Crippen molar-refractivity contribution in [1.82, 2.24) is 19.7 Å². The Balaban J connectivity index is 2.19. The standard InChI is InChI=1S/C23H27F3N4O/c1-15(2)30-20-18(12-27-30)17(11-19(28-20)16-9-7-6-8-10-16)21(31)29(13-22(3,4)5)14-23(24,25)26/h6-12,15H,13-14H2,1-5H3. The molecule has 31 heavy (non-hydrogen) atoms. The van der Waals surface area contributed by atoms with Crippen LogP contribution in [-0.2, 0) is 0 Å². The molecule has 0 aliphatic rings. The van der Waals surface area contributed by atoms with Crippen molar-refractivity contribution < 1.29 is 18.0 Å². The predicted octanol–water partition coefficient (Wildman–Crippen LogP) is 5.73. The number of carbonyl (C=O) groups is 1. The van der Waals surface area contributed by atoms with Crippen LogP contribution < -0.4 is 0 Å². The molecule has 0 unspecified atom stereocenters. The highest BCUT2D eigenvalue weighted by molar-refractivity contribution is 6.06. The third kappa shape index (κ3) is 5.42. The zero-order valence-electron chi connectivity index (χ0n) is 18.4. The maximum Gasteiger partial charge on any atom is 0.406 e. The molecule has 8 heteroatoms. The molecule has 0 atom stereocenters. The molecular formula is C23H27F3N4O. The number of benzene rings is 1. The summed E-state index contributed by atoms with van der Waals surface area (Å²) in [7, 11) is 0. The van der Waals surface area contributed by atoms with Gasteiger partial charge >= 0.3 is 6.18 Å². The van der Waals surface area contributed by atoms with Gasteiger partial charge in [0.1, 0.15) is 6.54 Å². The Morgan fingerprint density at radius 2 is 1.74 bits per heavy atom. The average Bonchev–Trinajstić information content (AvgIpc) is 3.09. The third-order valence-electron chi connectivity index (χ3n) is 4.68. The summed E-state index contributed by atoms with van der Waals surface area (Å²) in [6, 6.07) is 10.8. The van der Waals surface area contributed by atoms with E-state index in [-0.39, 0.29) is 18.2 Å².